The Morgan fingerprint density at radius 1 is 0.745 bits per heavy atom. The summed E-state index contributed by atoms with van der Waals surface area (Å²) in [6.07, 6.45) is 1.87. The number of fused-ring (bicyclic) bond motifs is 1. The highest BCUT2D eigenvalue weighted by atomic mass is 28.4. The second-order valence-corrected chi connectivity index (χ2v) is 32.0. The molecule has 1 aliphatic rings. The Morgan fingerprint density at radius 2 is 1.30 bits per heavy atom. The maximum atomic E-state index is 7.34. The molecule has 4 rings (SSSR count). The highest BCUT2D eigenvalue weighted by Gasteiger charge is 2.55. The third kappa shape index (κ3) is 8.27. The second kappa shape index (κ2) is 13.4. The van der Waals surface area contributed by atoms with Crippen molar-refractivity contribution in [3.05, 3.63) is 48.5 Å². The first-order chi connectivity index (χ1) is 21.5. The number of nitrogens with one attached hydrogen (secondary N) is 1. The molecule has 4 atom stereocenters. The van der Waals surface area contributed by atoms with E-state index in [9.17, 15) is 0 Å². The van der Waals surface area contributed by atoms with E-state index in [1.54, 1.807) is 6.33 Å². The maximum absolute atomic E-state index is 7.34. The average molecular weight is 700 g/mol. The van der Waals surface area contributed by atoms with Crippen molar-refractivity contribution in [3.63, 3.8) is 0 Å². The van der Waals surface area contributed by atoms with Gasteiger partial charge < -0.3 is 23.3 Å². The Labute approximate surface area is 287 Å². The van der Waals surface area contributed by atoms with E-state index >= 15 is 0 Å². The van der Waals surface area contributed by atoms with Crippen molar-refractivity contribution in [2.45, 2.75) is 148 Å². The molecular formula is C35H61N5O4Si3. The first-order valence-electron chi connectivity index (χ1n) is 17.1. The molecule has 0 aliphatic carbocycles. The van der Waals surface area contributed by atoms with Crippen LogP contribution in [0.5, 0.6) is 0 Å². The van der Waals surface area contributed by atoms with Crippen LogP contribution in [-0.2, 0) is 24.6 Å². The lowest BCUT2D eigenvalue weighted by Gasteiger charge is -2.44. The number of ether oxygens (including phenoxy) is 1. The first kappa shape index (κ1) is 37.9. The molecule has 9 nitrogen and oxygen atoms in total. The van der Waals surface area contributed by atoms with Crippen LogP contribution in [0.2, 0.25) is 54.4 Å². The lowest BCUT2D eigenvalue weighted by atomic mass is 10.1. The molecule has 0 amide bonds. The summed E-state index contributed by atoms with van der Waals surface area (Å²) in [5.74, 6) is 0.685. The molecule has 0 radical (unpaired) electrons. The first-order valence-corrected chi connectivity index (χ1v) is 25.8. The number of hydrogen-bond acceptors (Lipinski definition) is 8. The number of aromatic nitrogens is 4. The van der Waals surface area contributed by atoms with E-state index in [0.29, 0.717) is 30.1 Å². The molecule has 12 heteroatoms. The molecule has 47 heavy (non-hydrogen) atoms. The van der Waals surface area contributed by atoms with Crippen molar-refractivity contribution >= 4 is 41.9 Å². The van der Waals surface area contributed by atoms with Crippen LogP contribution in [0.1, 0.15) is 74.1 Å². The smallest absolute Gasteiger partial charge is 0.192 e. The molecule has 1 N–H and O–H groups in total. The Balaban J connectivity index is 1.79. The van der Waals surface area contributed by atoms with Crippen LogP contribution in [0.4, 0.5) is 5.82 Å². The summed E-state index contributed by atoms with van der Waals surface area (Å²) in [4.78, 5) is 14.1. The van der Waals surface area contributed by atoms with Gasteiger partial charge in [0, 0.05) is 6.54 Å². The van der Waals surface area contributed by atoms with Crippen molar-refractivity contribution in [1.29, 1.82) is 0 Å². The van der Waals surface area contributed by atoms with E-state index in [1.165, 1.54) is 0 Å². The molecule has 262 valence electrons. The molecule has 1 aliphatic heterocycles. The van der Waals surface area contributed by atoms with Gasteiger partial charge in [-0.05, 0) is 60.0 Å². The minimum atomic E-state index is -2.29. The van der Waals surface area contributed by atoms with Gasteiger partial charge in [0.2, 0.25) is 0 Å². The highest BCUT2D eigenvalue weighted by Crippen LogP contribution is 2.47. The fraction of sp³-hybridized carbons (Fsp3) is 0.686. The lowest BCUT2D eigenvalue weighted by molar-refractivity contribution is -0.0470. The van der Waals surface area contributed by atoms with E-state index in [4.69, 9.17) is 28.0 Å². The molecule has 0 bridgehead atoms. The van der Waals surface area contributed by atoms with Gasteiger partial charge in [-0.1, -0.05) is 92.6 Å². The number of rotatable bonds is 11. The number of hydrogen-bond donors (Lipinski definition) is 1. The third-order valence-corrected chi connectivity index (χ3v) is 24.6. The largest absolute Gasteiger partial charge is 0.414 e. The highest BCUT2D eigenvalue weighted by molar-refractivity contribution is 6.75. The summed E-state index contributed by atoms with van der Waals surface area (Å²) in [5.41, 5.74) is 2.55. The molecule has 2 aromatic heterocycles. The van der Waals surface area contributed by atoms with Crippen LogP contribution in [0.25, 0.3) is 11.2 Å². The normalized spacial score (nSPS) is 21.9. The van der Waals surface area contributed by atoms with Gasteiger partial charge in [0.15, 0.2) is 48.2 Å². The minimum Gasteiger partial charge on any atom is -0.414 e. The quantitative estimate of drug-likeness (QED) is 0.198. The Morgan fingerprint density at radius 3 is 1.85 bits per heavy atom. The molecule has 1 fully saturated rings. The standard InChI is InChI=1S/C35H61N5O4Si3/c1-33(2,3)45(10,11)41-22-26-28(43-46(12,13)34(4,5)6)29(44-47(14,15)35(7,8)9)32(42-26)40-24-39-27-30(37-23-38-31(27)40)36-21-25-19-17-16-18-20-25/h16-20,23-24,26,28-29,32H,21-22H2,1-15H3,(H,36,37,38)/t26-,28-,29-,32-/m1/s1. The maximum Gasteiger partial charge on any atom is 0.192 e. The van der Waals surface area contributed by atoms with E-state index in [0.717, 1.165) is 5.56 Å². The van der Waals surface area contributed by atoms with Crippen LogP contribution in [0, 0.1) is 0 Å². The predicted octanol–water partition coefficient (Wildman–Crippen LogP) is 9.14. The van der Waals surface area contributed by atoms with Gasteiger partial charge in [0.1, 0.15) is 24.6 Å². The molecule has 0 spiro atoms. The van der Waals surface area contributed by atoms with Crippen LogP contribution in [0.15, 0.2) is 43.0 Å². The zero-order chi connectivity index (χ0) is 35.2. The van der Waals surface area contributed by atoms with Crippen molar-refractivity contribution < 1.29 is 18.0 Å². The second-order valence-electron chi connectivity index (χ2n) is 17.7. The molecule has 3 aromatic rings. The van der Waals surface area contributed by atoms with Gasteiger partial charge in [0.25, 0.3) is 0 Å². The van der Waals surface area contributed by atoms with Gasteiger partial charge in [-0.25, -0.2) is 15.0 Å². The topological polar surface area (TPSA) is 92.6 Å². The third-order valence-electron chi connectivity index (χ3n) is 11.1. The molecule has 3 heterocycles. The van der Waals surface area contributed by atoms with E-state index in [2.05, 4.69) is 124 Å². The fourth-order valence-corrected chi connectivity index (χ4v) is 8.44. The lowest BCUT2D eigenvalue weighted by Crippen LogP contribution is -2.54. The molecular weight excluding hydrogens is 639 g/mol. The van der Waals surface area contributed by atoms with Crippen LogP contribution in [0.3, 0.4) is 0 Å². The fourth-order valence-electron chi connectivity index (χ4n) is 4.82. The summed E-state index contributed by atoms with van der Waals surface area (Å²) < 4.78 is 30.6. The van der Waals surface area contributed by atoms with Gasteiger partial charge in [-0.3, -0.25) is 4.57 Å². The molecule has 1 aromatic carbocycles. The number of nitrogens with zero attached hydrogens (tertiary/aromatic N) is 4. The Hall–Kier alpha value is -1.94. The Kier molecular flexibility index (Phi) is 10.8. The van der Waals surface area contributed by atoms with E-state index < -0.39 is 31.2 Å². The van der Waals surface area contributed by atoms with Crippen molar-refractivity contribution in [3.8, 4) is 0 Å². The van der Waals surface area contributed by atoms with Crippen LogP contribution < -0.4 is 5.32 Å². The summed E-state index contributed by atoms with van der Waals surface area (Å²) in [7, 11) is -6.62. The zero-order valence-electron chi connectivity index (χ0n) is 31.7. The molecule has 0 unspecified atom stereocenters. The average Bonchev–Trinajstić information content (AvgIpc) is 3.50. The summed E-state index contributed by atoms with van der Waals surface area (Å²) in [5, 5.41) is 3.53. The van der Waals surface area contributed by atoms with Crippen molar-refractivity contribution in [2.24, 2.45) is 0 Å². The van der Waals surface area contributed by atoms with Crippen LogP contribution in [-0.4, -0.2) is 69.4 Å². The summed E-state index contributed by atoms with van der Waals surface area (Å²) >= 11 is 0. The van der Waals surface area contributed by atoms with Gasteiger partial charge in [-0.15, -0.1) is 0 Å². The summed E-state index contributed by atoms with van der Waals surface area (Å²) in [6.45, 7) is 35.3. The summed E-state index contributed by atoms with van der Waals surface area (Å²) in [6, 6.07) is 10.3. The minimum absolute atomic E-state index is 0.00565. The van der Waals surface area contributed by atoms with Gasteiger partial charge >= 0.3 is 0 Å². The molecule has 0 saturated carbocycles. The Bertz CT molecular complexity index is 1490. The van der Waals surface area contributed by atoms with Gasteiger partial charge in [-0.2, -0.15) is 0 Å². The zero-order valence-corrected chi connectivity index (χ0v) is 34.7. The monoisotopic (exact) mass is 699 g/mol. The number of imidazole rings is 1. The van der Waals surface area contributed by atoms with Crippen LogP contribution >= 0.6 is 0 Å². The molecule has 1 saturated heterocycles. The van der Waals surface area contributed by atoms with E-state index in [-0.39, 0.29) is 33.4 Å². The number of benzene rings is 1. The van der Waals surface area contributed by atoms with Gasteiger partial charge in [0.05, 0.1) is 12.9 Å². The SMILES string of the molecule is CC(C)(C)[Si](C)(C)OC[C@H]1O[C@@H](n2cnc3c(NCc4ccccc4)ncnc32)[C@H](O[Si](C)(C)C(C)(C)C)[C@@H]1O[Si](C)(C)C(C)(C)C. The number of anilines is 1. The van der Waals surface area contributed by atoms with Crippen molar-refractivity contribution in [2.75, 3.05) is 11.9 Å². The van der Waals surface area contributed by atoms with E-state index in [1.807, 2.05) is 29.1 Å². The van der Waals surface area contributed by atoms with Crippen molar-refractivity contribution in [1.82, 2.24) is 19.5 Å². The predicted molar refractivity (Wildman–Crippen MR) is 200 cm³/mol.